The Morgan fingerprint density at radius 2 is 2.09 bits per heavy atom. The van der Waals surface area contributed by atoms with Crippen molar-refractivity contribution in [1.29, 1.82) is 0 Å². The number of fused-ring (bicyclic) bond motifs is 1. The number of carbonyl (C=O) groups excluding carboxylic acids is 2. The van der Waals surface area contributed by atoms with E-state index in [1.54, 1.807) is 45.3 Å². The summed E-state index contributed by atoms with van der Waals surface area (Å²) in [4.78, 5) is 33.1. The fourth-order valence-electron chi connectivity index (χ4n) is 2.49. The van der Waals surface area contributed by atoms with Crippen LogP contribution < -0.4 is 4.90 Å². The summed E-state index contributed by atoms with van der Waals surface area (Å²) in [7, 11) is 0. The van der Waals surface area contributed by atoms with Gasteiger partial charge in [-0.15, -0.1) is 0 Å². The Morgan fingerprint density at radius 3 is 2.77 bits per heavy atom. The lowest BCUT2D eigenvalue weighted by molar-refractivity contribution is -0.123. The van der Waals surface area contributed by atoms with Crippen LogP contribution in [0.25, 0.3) is 11.0 Å². The largest absolute Gasteiger partial charge is 0.503 e. The van der Waals surface area contributed by atoms with Gasteiger partial charge in [-0.1, -0.05) is 20.8 Å². The molecule has 0 aliphatic carbocycles. The third-order valence-corrected chi connectivity index (χ3v) is 3.72. The van der Waals surface area contributed by atoms with E-state index in [1.807, 2.05) is 0 Å². The normalized spacial score (nSPS) is 16.0. The molecule has 2 aromatic rings. The minimum Gasteiger partial charge on any atom is -0.503 e. The van der Waals surface area contributed by atoms with Crippen LogP contribution in [0.2, 0.25) is 0 Å². The number of aromatic nitrogens is 2. The third-order valence-electron chi connectivity index (χ3n) is 3.72. The lowest BCUT2D eigenvalue weighted by Crippen LogP contribution is -2.29. The molecule has 0 radical (unpaired) electrons. The molecule has 0 atom stereocenters. The van der Waals surface area contributed by atoms with E-state index in [1.165, 1.54) is 4.90 Å². The predicted molar refractivity (Wildman–Crippen MR) is 82.6 cm³/mol. The molecule has 1 aliphatic heterocycles. The molecular weight excluding hydrogens is 282 g/mol. The molecule has 1 aromatic carbocycles. The lowest BCUT2D eigenvalue weighted by Gasteiger charge is -2.19. The number of aliphatic hydroxyl groups is 1. The van der Waals surface area contributed by atoms with Crippen LogP contribution in [0, 0.1) is 5.41 Å². The van der Waals surface area contributed by atoms with E-state index in [-0.39, 0.29) is 17.9 Å². The van der Waals surface area contributed by atoms with Crippen molar-refractivity contribution in [3.05, 3.63) is 35.9 Å². The minimum atomic E-state index is -0.646. The third kappa shape index (κ3) is 2.16. The first kappa shape index (κ1) is 14.3. The smallest absolute Gasteiger partial charge is 0.293 e. The maximum absolute atomic E-state index is 12.4. The molecule has 114 valence electrons. The number of hydrogen-bond donors (Lipinski definition) is 2. The van der Waals surface area contributed by atoms with Gasteiger partial charge in [0.2, 0.25) is 0 Å². The van der Waals surface area contributed by atoms with Crippen molar-refractivity contribution >= 4 is 28.4 Å². The Bertz CT molecular complexity index is 811. The highest BCUT2D eigenvalue weighted by Crippen LogP contribution is 2.30. The standard InChI is InChI=1S/C16H17N3O3/c1-16(2,3)14(21)10-7-19(15(22)13(10)20)9-4-5-11-12(6-9)18-8-17-11/h4-6,8,20H,7H2,1-3H3,(H,17,18). The maximum atomic E-state index is 12.4. The van der Waals surface area contributed by atoms with Gasteiger partial charge in [-0.05, 0) is 18.2 Å². The number of imidazole rings is 1. The van der Waals surface area contributed by atoms with Crippen molar-refractivity contribution in [2.45, 2.75) is 20.8 Å². The number of aliphatic hydroxyl groups excluding tert-OH is 1. The summed E-state index contributed by atoms with van der Waals surface area (Å²) in [5.41, 5.74) is 1.72. The van der Waals surface area contributed by atoms with E-state index < -0.39 is 17.1 Å². The number of H-pyrrole nitrogens is 1. The second-order valence-corrected chi connectivity index (χ2v) is 6.40. The molecule has 22 heavy (non-hydrogen) atoms. The summed E-state index contributed by atoms with van der Waals surface area (Å²) in [6.45, 7) is 5.37. The molecule has 0 saturated heterocycles. The molecule has 0 fully saturated rings. The lowest BCUT2D eigenvalue weighted by atomic mass is 9.86. The highest BCUT2D eigenvalue weighted by atomic mass is 16.3. The predicted octanol–water partition coefficient (Wildman–Crippen LogP) is 2.34. The van der Waals surface area contributed by atoms with Crippen LogP contribution in [-0.2, 0) is 9.59 Å². The summed E-state index contributed by atoms with van der Waals surface area (Å²) >= 11 is 0. The molecule has 0 bridgehead atoms. The van der Waals surface area contributed by atoms with Crippen LogP contribution >= 0.6 is 0 Å². The fraction of sp³-hybridized carbons (Fsp3) is 0.312. The zero-order valence-corrected chi connectivity index (χ0v) is 12.7. The fourth-order valence-corrected chi connectivity index (χ4v) is 2.49. The van der Waals surface area contributed by atoms with Crippen LogP contribution in [0.3, 0.4) is 0 Å². The second kappa shape index (κ2) is 4.69. The molecule has 1 amide bonds. The molecule has 0 spiro atoms. The number of amides is 1. The Kier molecular flexibility index (Phi) is 3.05. The number of nitrogens with one attached hydrogen (secondary N) is 1. The van der Waals surface area contributed by atoms with E-state index in [0.29, 0.717) is 5.69 Å². The summed E-state index contributed by atoms with van der Waals surface area (Å²) in [6.07, 6.45) is 1.57. The van der Waals surface area contributed by atoms with E-state index in [2.05, 4.69) is 9.97 Å². The number of anilines is 1. The van der Waals surface area contributed by atoms with Gasteiger partial charge in [-0.2, -0.15) is 0 Å². The van der Waals surface area contributed by atoms with Gasteiger partial charge >= 0.3 is 0 Å². The van der Waals surface area contributed by atoms with Gasteiger partial charge in [0.1, 0.15) is 0 Å². The summed E-state index contributed by atoms with van der Waals surface area (Å²) in [6, 6.07) is 5.31. The van der Waals surface area contributed by atoms with Gasteiger partial charge in [0.25, 0.3) is 5.91 Å². The van der Waals surface area contributed by atoms with E-state index >= 15 is 0 Å². The number of nitrogens with zero attached hydrogens (tertiary/aromatic N) is 2. The number of rotatable bonds is 2. The monoisotopic (exact) mass is 299 g/mol. The van der Waals surface area contributed by atoms with Gasteiger partial charge < -0.3 is 15.0 Å². The Morgan fingerprint density at radius 1 is 1.36 bits per heavy atom. The second-order valence-electron chi connectivity index (χ2n) is 6.40. The number of aromatic amines is 1. The number of benzene rings is 1. The molecule has 1 aliphatic rings. The topological polar surface area (TPSA) is 86.3 Å². The molecule has 6 heteroatoms. The number of carbonyl (C=O) groups is 2. The average molecular weight is 299 g/mol. The zero-order chi connectivity index (χ0) is 16.1. The number of Topliss-reactive ketones (excluding diaryl/α,β-unsaturated/α-hetero) is 1. The average Bonchev–Trinajstić information content (AvgIpc) is 3.03. The summed E-state index contributed by atoms with van der Waals surface area (Å²) < 4.78 is 0. The van der Waals surface area contributed by atoms with Crippen molar-refractivity contribution in [2.75, 3.05) is 11.4 Å². The Labute approximate surface area is 127 Å². The van der Waals surface area contributed by atoms with Crippen LogP contribution in [-0.4, -0.2) is 33.3 Å². The molecule has 2 N–H and O–H groups in total. The van der Waals surface area contributed by atoms with Gasteiger partial charge in [0.05, 0.1) is 29.5 Å². The van der Waals surface area contributed by atoms with Crippen molar-refractivity contribution in [2.24, 2.45) is 5.41 Å². The molecule has 0 unspecified atom stereocenters. The number of hydrogen-bond acceptors (Lipinski definition) is 4. The molecule has 2 heterocycles. The highest BCUT2D eigenvalue weighted by molar-refractivity contribution is 6.16. The summed E-state index contributed by atoms with van der Waals surface area (Å²) in [5.74, 6) is -1.22. The summed E-state index contributed by atoms with van der Waals surface area (Å²) in [5, 5.41) is 10.0. The quantitative estimate of drug-likeness (QED) is 0.891. The van der Waals surface area contributed by atoms with Gasteiger partial charge in [-0.3, -0.25) is 9.59 Å². The van der Waals surface area contributed by atoms with Crippen molar-refractivity contribution in [3.63, 3.8) is 0 Å². The van der Waals surface area contributed by atoms with E-state index in [4.69, 9.17) is 0 Å². The molecular formula is C16H17N3O3. The van der Waals surface area contributed by atoms with Gasteiger partial charge in [0, 0.05) is 11.1 Å². The van der Waals surface area contributed by atoms with Crippen molar-refractivity contribution in [1.82, 2.24) is 9.97 Å². The van der Waals surface area contributed by atoms with Crippen molar-refractivity contribution in [3.8, 4) is 0 Å². The first-order valence-electron chi connectivity index (χ1n) is 7.01. The minimum absolute atomic E-state index is 0.0837. The van der Waals surface area contributed by atoms with Crippen LogP contribution in [0.1, 0.15) is 20.8 Å². The Hall–Kier alpha value is -2.63. The van der Waals surface area contributed by atoms with Crippen LogP contribution in [0.4, 0.5) is 5.69 Å². The maximum Gasteiger partial charge on any atom is 0.293 e. The van der Waals surface area contributed by atoms with Crippen LogP contribution in [0.15, 0.2) is 35.9 Å². The van der Waals surface area contributed by atoms with Gasteiger partial charge in [-0.25, -0.2) is 4.98 Å². The number of ketones is 1. The first-order chi connectivity index (χ1) is 10.3. The molecule has 0 saturated carbocycles. The Balaban J connectivity index is 1.95. The molecule has 1 aromatic heterocycles. The van der Waals surface area contributed by atoms with Crippen LogP contribution in [0.5, 0.6) is 0 Å². The molecule has 6 nitrogen and oxygen atoms in total. The molecule has 3 rings (SSSR count). The SMILES string of the molecule is CC(C)(C)C(=O)C1=C(O)C(=O)N(c2ccc3nc[nH]c3c2)C1. The first-order valence-corrected chi connectivity index (χ1v) is 7.01. The highest BCUT2D eigenvalue weighted by Gasteiger charge is 2.38. The van der Waals surface area contributed by atoms with Gasteiger partial charge in [0.15, 0.2) is 11.5 Å². The van der Waals surface area contributed by atoms with E-state index in [0.717, 1.165) is 11.0 Å². The van der Waals surface area contributed by atoms with E-state index in [9.17, 15) is 14.7 Å². The zero-order valence-electron chi connectivity index (χ0n) is 12.7. The van der Waals surface area contributed by atoms with Crippen molar-refractivity contribution < 1.29 is 14.7 Å².